The van der Waals surface area contributed by atoms with Crippen molar-refractivity contribution in [3.63, 3.8) is 0 Å². The Morgan fingerprint density at radius 1 is 1.53 bits per heavy atom. The van der Waals surface area contributed by atoms with Crippen molar-refractivity contribution in [3.8, 4) is 6.07 Å². The van der Waals surface area contributed by atoms with Gasteiger partial charge in [0, 0.05) is 25.2 Å². The van der Waals surface area contributed by atoms with Crippen LogP contribution >= 0.6 is 11.6 Å². The molecule has 1 aromatic heterocycles. The molecule has 0 radical (unpaired) electrons. The summed E-state index contributed by atoms with van der Waals surface area (Å²) in [4.78, 5) is 6.55. The van der Waals surface area contributed by atoms with Gasteiger partial charge in [-0.05, 0) is 18.5 Å². The molecular weight excluding hydrogens is 264 g/mol. The third-order valence-electron chi connectivity index (χ3n) is 3.39. The second-order valence-electron chi connectivity index (χ2n) is 4.46. The Labute approximate surface area is 117 Å². The smallest absolute Gasteiger partial charge is 0.149 e. The van der Waals surface area contributed by atoms with Gasteiger partial charge in [0.1, 0.15) is 17.0 Å². The second-order valence-corrected chi connectivity index (χ2v) is 4.82. The number of aliphatic hydroxyl groups is 1. The van der Waals surface area contributed by atoms with Crippen LogP contribution in [0.5, 0.6) is 0 Å². The van der Waals surface area contributed by atoms with Crippen LogP contribution in [0.25, 0.3) is 0 Å². The summed E-state index contributed by atoms with van der Waals surface area (Å²) in [5, 5.41) is 21.4. The zero-order chi connectivity index (χ0) is 13.8. The van der Waals surface area contributed by atoms with Crippen LogP contribution in [0.1, 0.15) is 23.6 Å². The van der Waals surface area contributed by atoms with Crippen molar-refractivity contribution in [2.75, 3.05) is 31.6 Å². The second kappa shape index (κ2) is 6.20. The molecule has 0 unspecified atom stereocenters. The van der Waals surface area contributed by atoms with Crippen molar-refractivity contribution >= 4 is 17.4 Å². The van der Waals surface area contributed by atoms with Crippen LogP contribution < -0.4 is 5.32 Å². The molecule has 0 fully saturated rings. The Kier molecular flexibility index (Phi) is 4.59. The quantitative estimate of drug-likeness (QED) is 0.816. The van der Waals surface area contributed by atoms with Gasteiger partial charge in [0.2, 0.25) is 0 Å². The molecular formula is C13H17ClN4O. The van der Waals surface area contributed by atoms with Crippen LogP contribution in [0.2, 0.25) is 5.15 Å². The first-order chi connectivity index (χ1) is 9.21. The van der Waals surface area contributed by atoms with E-state index in [9.17, 15) is 5.26 Å². The zero-order valence-electron chi connectivity index (χ0n) is 10.9. The van der Waals surface area contributed by atoms with Crippen molar-refractivity contribution in [2.24, 2.45) is 0 Å². The average molecular weight is 281 g/mol. The standard InChI is InChI=1S/C13H17ClN4O/c1-2-18-5-3-9-10(7-15)12(14)17-13(11(9)8-18)16-4-6-19/h19H,2-6,8H2,1H3,(H,16,17). The topological polar surface area (TPSA) is 72.2 Å². The van der Waals surface area contributed by atoms with Gasteiger partial charge in [-0.3, -0.25) is 4.90 Å². The van der Waals surface area contributed by atoms with Crippen LogP contribution in [-0.4, -0.2) is 41.2 Å². The molecule has 6 heteroatoms. The fourth-order valence-electron chi connectivity index (χ4n) is 2.36. The first kappa shape index (κ1) is 14.1. The summed E-state index contributed by atoms with van der Waals surface area (Å²) in [6, 6.07) is 2.15. The lowest BCUT2D eigenvalue weighted by molar-refractivity contribution is 0.268. The number of hydrogen-bond acceptors (Lipinski definition) is 5. The number of aromatic nitrogens is 1. The Morgan fingerprint density at radius 2 is 2.32 bits per heavy atom. The molecule has 102 valence electrons. The molecule has 0 aromatic carbocycles. The predicted octanol–water partition coefficient (Wildman–Crippen LogP) is 1.39. The highest BCUT2D eigenvalue weighted by Crippen LogP contribution is 2.31. The molecule has 1 aliphatic heterocycles. The fraction of sp³-hybridized carbons (Fsp3) is 0.538. The number of halogens is 1. The van der Waals surface area contributed by atoms with Crippen molar-refractivity contribution in [1.82, 2.24) is 9.88 Å². The lowest BCUT2D eigenvalue weighted by atomic mass is 9.96. The van der Waals surface area contributed by atoms with E-state index in [1.165, 1.54) is 0 Å². The maximum absolute atomic E-state index is 9.22. The summed E-state index contributed by atoms with van der Waals surface area (Å²) in [6.45, 7) is 5.22. The van der Waals surface area contributed by atoms with Gasteiger partial charge in [-0.25, -0.2) is 4.98 Å². The highest BCUT2D eigenvalue weighted by Gasteiger charge is 2.24. The monoisotopic (exact) mass is 280 g/mol. The summed E-state index contributed by atoms with van der Waals surface area (Å²) in [7, 11) is 0. The first-order valence-corrected chi connectivity index (χ1v) is 6.77. The molecule has 0 saturated carbocycles. The van der Waals surface area contributed by atoms with Crippen LogP contribution in [0, 0.1) is 11.3 Å². The lowest BCUT2D eigenvalue weighted by Crippen LogP contribution is -2.32. The molecule has 0 amide bonds. The van der Waals surface area contributed by atoms with Gasteiger partial charge in [0.15, 0.2) is 0 Å². The summed E-state index contributed by atoms with van der Waals surface area (Å²) >= 11 is 6.07. The number of rotatable bonds is 4. The molecule has 0 spiro atoms. The number of nitriles is 1. The van der Waals surface area contributed by atoms with Gasteiger partial charge in [-0.15, -0.1) is 0 Å². The molecule has 19 heavy (non-hydrogen) atoms. The van der Waals surface area contributed by atoms with E-state index in [1.807, 2.05) is 0 Å². The molecule has 2 N–H and O–H groups in total. The SMILES string of the molecule is CCN1CCc2c(C#N)c(Cl)nc(NCCO)c2C1. The van der Waals surface area contributed by atoms with Gasteiger partial charge in [-0.2, -0.15) is 5.26 Å². The summed E-state index contributed by atoms with van der Waals surface area (Å²) in [5.41, 5.74) is 2.51. The van der Waals surface area contributed by atoms with E-state index in [0.29, 0.717) is 17.9 Å². The van der Waals surface area contributed by atoms with Crippen molar-refractivity contribution < 1.29 is 5.11 Å². The van der Waals surface area contributed by atoms with Crippen LogP contribution in [0.3, 0.4) is 0 Å². The van der Waals surface area contributed by atoms with Crippen LogP contribution in [0.15, 0.2) is 0 Å². The molecule has 1 aromatic rings. The van der Waals surface area contributed by atoms with Crippen molar-refractivity contribution in [1.29, 1.82) is 5.26 Å². The minimum absolute atomic E-state index is 0.0333. The minimum atomic E-state index is 0.0333. The van der Waals surface area contributed by atoms with E-state index < -0.39 is 0 Å². The fourth-order valence-corrected chi connectivity index (χ4v) is 2.60. The number of fused-ring (bicyclic) bond motifs is 1. The summed E-state index contributed by atoms with van der Waals surface area (Å²) in [5.74, 6) is 0.686. The Bertz CT molecular complexity index is 512. The Hall–Kier alpha value is -1.35. The Morgan fingerprint density at radius 3 is 2.95 bits per heavy atom. The molecule has 5 nitrogen and oxygen atoms in total. The van der Waals surface area contributed by atoms with E-state index in [4.69, 9.17) is 16.7 Å². The summed E-state index contributed by atoms with van der Waals surface area (Å²) < 4.78 is 0. The van der Waals surface area contributed by atoms with E-state index in [-0.39, 0.29) is 11.8 Å². The zero-order valence-corrected chi connectivity index (χ0v) is 11.7. The lowest BCUT2D eigenvalue weighted by Gasteiger charge is -2.29. The number of anilines is 1. The van der Waals surface area contributed by atoms with E-state index in [0.717, 1.165) is 37.2 Å². The van der Waals surface area contributed by atoms with Crippen LogP contribution in [0.4, 0.5) is 5.82 Å². The molecule has 1 aliphatic rings. The molecule has 0 bridgehead atoms. The maximum atomic E-state index is 9.22. The highest BCUT2D eigenvalue weighted by atomic mass is 35.5. The molecule has 0 aliphatic carbocycles. The van der Waals surface area contributed by atoms with Gasteiger partial charge in [0.25, 0.3) is 0 Å². The number of hydrogen-bond donors (Lipinski definition) is 2. The minimum Gasteiger partial charge on any atom is -0.395 e. The van der Waals surface area contributed by atoms with Crippen LogP contribution in [-0.2, 0) is 13.0 Å². The first-order valence-electron chi connectivity index (χ1n) is 6.39. The molecule has 2 heterocycles. The maximum Gasteiger partial charge on any atom is 0.149 e. The van der Waals surface area contributed by atoms with Gasteiger partial charge in [-0.1, -0.05) is 18.5 Å². The number of aliphatic hydroxyl groups excluding tert-OH is 1. The molecule has 0 atom stereocenters. The van der Waals surface area contributed by atoms with E-state index >= 15 is 0 Å². The third-order valence-corrected chi connectivity index (χ3v) is 3.66. The number of nitrogens with zero attached hydrogens (tertiary/aromatic N) is 3. The van der Waals surface area contributed by atoms with Crippen molar-refractivity contribution in [2.45, 2.75) is 19.9 Å². The predicted molar refractivity (Wildman–Crippen MR) is 74.2 cm³/mol. The largest absolute Gasteiger partial charge is 0.395 e. The van der Waals surface area contributed by atoms with Gasteiger partial charge >= 0.3 is 0 Å². The normalized spacial score (nSPS) is 14.8. The number of pyridine rings is 1. The molecule has 2 rings (SSSR count). The average Bonchev–Trinajstić information content (AvgIpc) is 2.44. The van der Waals surface area contributed by atoms with E-state index in [2.05, 4.69) is 28.2 Å². The Balaban J connectivity index is 2.45. The number of likely N-dealkylation sites (N-methyl/N-ethyl adjacent to an activating group) is 1. The van der Waals surface area contributed by atoms with E-state index in [1.54, 1.807) is 0 Å². The third kappa shape index (κ3) is 2.81. The summed E-state index contributed by atoms with van der Waals surface area (Å²) in [6.07, 6.45) is 0.808. The molecule has 0 saturated heterocycles. The van der Waals surface area contributed by atoms with Crippen molar-refractivity contribution in [3.05, 3.63) is 21.8 Å². The highest BCUT2D eigenvalue weighted by molar-refractivity contribution is 6.30. The number of nitrogens with one attached hydrogen (secondary N) is 1. The van der Waals surface area contributed by atoms with Gasteiger partial charge in [0.05, 0.1) is 12.2 Å². The van der Waals surface area contributed by atoms with Gasteiger partial charge < -0.3 is 10.4 Å².